The highest BCUT2D eigenvalue weighted by Gasteiger charge is 2.42. The summed E-state index contributed by atoms with van der Waals surface area (Å²) < 4.78 is -0.323. The molecule has 0 spiro atoms. The van der Waals surface area contributed by atoms with E-state index < -0.39 is 0 Å². The minimum Gasteiger partial charge on any atom is -0.396 e. The van der Waals surface area contributed by atoms with E-state index in [-0.39, 0.29) is 22.7 Å². The van der Waals surface area contributed by atoms with Gasteiger partial charge in [0.15, 0.2) is 0 Å². The van der Waals surface area contributed by atoms with Crippen LogP contribution in [-0.4, -0.2) is 28.9 Å². The van der Waals surface area contributed by atoms with Crippen LogP contribution in [0.2, 0.25) is 0 Å². The van der Waals surface area contributed by atoms with Gasteiger partial charge in [-0.1, -0.05) is 44.9 Å². The number of nitrogens with one attached hydrogen (secondary N) is 1. The van der Waals surface area contributed by atoms with Crippen LogP contribution < -0.4 is 5.32 Å². The van der Waals surface area contributed by atoms with Crippen molar-refractivity contribution in [2.24, 2.45) is 5.41 Å². The Labute approximate surface area is 137 Å². The maximum absolute atomic E-state index is 12.8. The first-order chi connectivity index (χ1) is 10.5. The molecule has 3 nitrogen and oxygen atoms in total. The Kier molecular flexibility index (Phi) is 5.93. The molecule has 1 fully saturated rings. The largest absolute Gasteiger partial charge is 0.396 e. The molecule has 0 unspecified atom stereocenters. The van der Waals surface area contributed by atoms with Crippen molar-refractivity contribution in [2.75, 3.05) is 13.2 Å². The van der Waals surface area contributed by atoms with Crippen LogP contribution in [0, 0.1) is 5.41 Å². The normalized spacial score (nSPS) is 17.4. The van der Waals surface area contributed by atoms with Crippen LogP contribution in [0.5, 0.6) is 0 Å². The fourth-order valence-electron chi connectivity index (χ4n) is 2.91. The van der Waals surface area contributed by atoms with Gasteiger partial charge in [0.2, 0.25) is 5.91 Å². The van der Waals surface area contributed by atoms with Crippen LogP contribution in [0.25, 0.3) is 0 Å². The summed E-state index contributed by atoms with van der Waals surface area (Å²) in [5.41, 5.74) is -0.0678. The lowest BCUT2D eigenvalue weighted by Gasteiger charge is -2.30. The molecule has 1 aromatic carbocycles. The predicted molar refractivity (Wildman–Crippen MR) is 92.0 cm³/mol. The van der Waals surface area contributed by atoms with Gasteiger partial charge in [0.05, 0.1) is 4.75 Å². The third kappa shape index (κ3) is 4.50. The number of thioether (sulfide) groups is 1. The minimum atomic E-state index is -0.323. The van der Waals surface area contributed by atoms with Gasteiger partial charge in [-0.05, 0) is 36.8 Å². The summed E-state index contributed by atoms with van der Waals surface area (Å²) in [6, 6.07) is 10.2. The van der Waals surface area contributed by atoms with Crippen molar-refractivity contribution in [3.8, 4) is 0 Å². The number of hydrogen-bond acceptors (Lipinski definition) is 3. The molecule has 122 valence electrons. The summed E-state index contributed by atoms with van der Waals surface area (Å²) in [5, 5.41) is 12.2. The molecule has 0 aliphatic heterocycles. The molecular formula is C18H27NO2S. The van der Waals surface area contributed by atoms with Crippen LogP contribution >= 0.6 is 11.8 Å². The van der Waals surface area contributed by atoms with Gasteiger partial charge in [-0.2, -0.15) is 0 Å². The Bertz CT molecular complexity index is 481. The van der Waals surface area contributed by atoms with Gasteiger partial charge in [-0.25, -0.2) is 0 Å². The van der Waals surface area contributed by atoms with Crippen LogP contribution in [0.4, 0.5) is 0 Å². The second-order valence-corrected chi connectivity index (χ2v) is 8.39. The SMILES string of the molecule is CC(C)(CCO)CNC(=O)C1(Sc2ccccc2)CCCC1. The maximum atomic E-state index is 12.8. The number of carbonyl (C=O) groups excluding carboxylic acids is 1. The van der Waals surface area contributed by atoms with Crippen molar-refractivity contribution < 1.29 is 9.90 Å². The number of aliphatic hydroxyl groups excluding tert-OH is 1. The van der Waals surface area contributed by atoms with Gasteiger partial charge >= 0.3 is 0 Å². The summed E-state index contributed by atoms with van der Waals surface area (Å²) in [4.78, 5) is 14.0. The predicted octanol–water partition coefficient (Wildman–Crippen LogP) is 3.62. The second-order valence-electron chi connectivity index (χ2n) is 6.94. The maximum Gasteiger partial charge on any atom is 0.236 e. The molecule has 22 heavy (non-hydrogen) atoms. The number of hydrogen-bond donors (Lipinski definition) is 2. The summed E-state index contributed by atoms with van der Waals surface area (Å²) in [6.45, 7) is 4.93. The van der Waals surface area contributed by atoms with Crippen molar-refractivity contribution in [2.45, 2.75) is 55.6 Å². The molecule has 0 atom stereocenters. The van der Waals surface area contributed by atoms with E-state index in [9.17, 15) is 4.79 Å². The van der Waals surface area contributed by atoms with E-state index in [4.69, 9.17) is 5.11 Å². The molecule has 0 bridgehead atoms. The van der Waals surface area contributed by atoms with Crippen LogP contribution in [0.3, 0.4) is 0 Å². The summed E-state index contributed by atoms with van der Waals surface area (Å²) in [6.07, 6.45) is 4.82. The lowest BCUT2D eigenvalue weighted by atomic mass is 9.89. The van der Waals surface area contributed by atoms with Crippen LogP contribution in [0.1, 0.15) is 46.0 Å². The van der Waals surface area contributed by atoms with E-state index in [1.54, 1.807) is 11.8 Å². The van der Waals surface area contributed by atoms with Gasteiger partial charge < -0.3 is 10.4 Å². The Balaban J connectivity index is 2.02. The average Bonchev–Trinajstić information content (AvgIpc) is 2.95. The van der Waals surface area contributed by atoms with Crippen molar-refractivity contribution in [1.82, 2.24) is 5.32 Å². The Morgan fingerprint density at radius 3 is 2.50 bits per heavy atom. The minimum absolute atomic E-state index is 0.0678. The lowest BCUT2D eigenvalue weighted by Crippen LogP contribution is -2.45. The summed E-state index contributed by atoms with van der Waals surface area (Å²) in [7, 11) is 0. The molecule has 0 heterocycles. The average molecular weight is 321 g/mol. The Morgan fingerprint density at radius 1 is 1.27 bits per heavy atom. The standard InChI is InChI=1S/C18H27NO2S/c1-17(2,12-13-20)14-19-16(21)18(10-6-7-11-18)22-15-8-4-3-5-9-15/h3-5,8-9,20H,6-7,10-14H2,1-2H3,(H,19,21). The van der Waals surface area contributed by atoms with E-state index in [1.807, 2.05) is 18.2 Å². The van der Waals surface area contributed by atoms with Gasteiger partial charge in [0.25, 0.3) is 0 Å². The first-order valence-corrected chi connectivity index (χ1v) is 8.92. The fourth-order valence-corrected chi connectivity index (χ4v) is 4.31. The highest BCUT2D eigenvalue weighted by Crippen LogP contribution is 2.45. The van der Waals surface area contributed by atoms with Gasteiger partial charge in [-0.15, -0.1) is 11.8 Å². The third-order valence-electron chi connectivity index (χ3n) is 4.40. The van der Waals surface area contributed by atoms with Crippen molar-refractivity contribution in [3.05, 3.63) is 30.3 Å². The molecule has 2 rings (SSSR count). The molecule has 0 aromatic heterocycles. The highest BCUT2D eigenvalue weighted by atomic mass is 32.2. The first kappa shape index (κ1) is 17.4. The zero-order chi connectivity index (χ0) is 16.1. The third-order valence-corrected chi connectivity index (χ3v) is 5.89. The van der Waals surface area contributed by atoms with Crippen LogP contribution in [-0.2, 0) is 4.79 Å². The van der Waals surface area contributed by atoms with E-state index in [0.29, 0.717) is 13.0 Å². The number of carbonyl (C=O) groups is 1. The molecule has 4 heteroatoms. The number of rotatable bonds is 7. The van der Waals surface area contributed by atoms with E-state index >= 15 is 0 Å². The molecule has 1 aliphatic rings. The number of amides is 1. The summed E-state index contributed by atoms with van der Waals surface area (Å²) >= 11 is 1.71. The van der Waals surface area contributed by atoms with E-state index in [1.165, 1.54) is 0 Å². The zero-order valence-corrected chi connectivity index (χ0v) is 14.4. The van der Waals surface area contributed by atoms with Gasteiger partial charge in [0.1, 0.15) is 0 Å². The Morgan fingerprint density at radius 2 is 1.91 bits per heavy atom. The van der Waals surface area contributed by atoms with Crippen molar-refractivity contribution >= 4 is 17.7 Å². The zero-order valence-electron chi connectivity index (χ0n) is 13.6. The Hall–Kier alpha value is -1.00. The van der Waals surface area contributed by atoms with Crippen molar-refractivity contribution in [3.63, 3.8) is 0 Å². The fraction of sp³-hybridized carbons (Fsp3) is 0.611. The molecule has 1 aliphatic carbocycles. The molecule has 0 radical (unpaired) electrons. The molecular weight excluding hydrogens is 294 g/mol. The highest BCUT2D eigenvalue weighted by molar-refractivity contribution is 8.01. The molecule has 1 aromatic rings. The number of aliphatic hydroxyl groups is 1. The topological polar surface area (TPSA) is 49.3 Å². The second kappa shape index (κ2) is 7.51. The van der Waals surface area contributed by atoms with Crippen molar-refractivity contribution in [1.29, 1.82) is 0 Å². The lowest BCUT2D eigenvalue weighted by molar-refractivity contribution is -0.123. The quantitative estimate of drug-likeness (QED) is 0.806. The summed E-state index contributed by atoms with van der Waals surface area (Å²) in [5.74, 6) is 0.157. The van der Waals surface area contributed by atoms with Crippen LogP contribution in [0.15, 0.2) is 35.2 Å². The van der Waals surface area contributed by atoms with Gasteiger partial charge in [0, 0.05) is 18.0 Å². The molecule has 1 saturated carbocycles. The van der Waals surface area contributed by atoms with E-state index in [0.717, 1.165) is 30.6 Å². The molecule has 1 amide bonds. The smallest absolute Gasteiger partial charge is 0.236 e. The first-order valence-electron chi connectivity index (χ1n) is 8.11. The van der Waals surface area contributed by atoms with Gasteiger partial charge in [-0.3, -0.25) is 4.79 Å². The van der Waals surface area contributed by atoms with E-state index in [2.05, 4.69) is 31.3 Å². The molecule has 0 saturated heterocycles. The molecule has 2 N–H and O–H groups in total. The monoisotopic (exact) mass is 321 g/mol. The number of benzene rings is 1.